The molecular weight excluding hydrogens is 208 g/mol. The van der Waals surface area contributed by atoms with Crippen LogP contribution < -0.4 is 5.73 Å². The predicted octanol–water partition coefficient (Wildman–Crippen LogP) is 1.73. The van der Waals surface area contributed by atoms with Crippen LogP contribution in [-0.2, 0) is 12.2 Å². The zero-order chi connectivity index (χ0) is 11.1. The van der Waals surface area contributed by atoms with Gasteiger partial charge in [0.15, 0.2) is 5.82 Å². The number of nitrogens with one attached hydrogen (secondary N) is 1. The summed E-state index contributed by atoms with van der Waals surface area (Å²) in [5.41, 5.74) is 5.43. The molecule has 0 saturated carbocycles. The lowest BCUT2D eigenvalue weighted by Gasteiger charge is -2.04. The van der Waals surface area contributed by atoms with Crippen molar-refractivity contribution in [3.05, 3.63) is 11.6 Å². The van der Waals surface area contributed by atoms with E-state index in [4.69, 9.17) is 5.73 Å². The number of aromatic nitrogens is 3. The van der Waals surface area contributed by atoms with Crippen molar-refractivity contribution in [3.8, 4) is 0 Å². The van der Waals surface area contributed by atoms with E-state index in [0.717, 1.165) is 30.2 Å². The lowest BCUT2D eigenvalue weighted by Crippen LogP contribution is -2.01. The Morgan fingerprint density at radius 3 is 3.00 bits per heavy atom. The maximum atomic E-state index is 5.43. The molecular formula is C10H20N4S. The minimum Gasteiger partial charge on any atom is -0.330 e. The molecule has 0 amide bonds. The molecule has 1 unspecified atom stereocenters. The fraction of sp³-hybridized carbons (Fsp3) is 0.800. The largest absolute Gasteiger partial charge is 0.330 e. The molecule has 1 heterocycles. The van der Waals surface area contributed by atoms with Gasteiger partial charge in [0.25, 0.3) is 0 Å². The number of nitrogens with two attached hydrogens (primary N) is 1. The van der Waals surface area contributed by atoms with Crippen molar-refractivity contribution in [1.29, 1.82) is 0 Å². The number of rotatable bonds is 7. The lowest BCUT2D eigenvalue weighted by atomic mass is 10.3. The second-order valence-corrected chi connectivity index (χ2v) is 5.05. The quantitative estimate of drug-likeness (QED) is 0.746. The van der Waals surface area contributed by atoms with E-state index >= 15 is 0 Å². The van der Waals surface area contributed by atoms with Crippen LogP contribution in [0.25, 0.3) is 0 Å². The van der Waals surface area contributed by atoms with Crippen molar-refractivity contribution in [2.75, 3.05) is 6.54 Å². The van der Waals surface area contributed by atoms with Crippen LogP contribution in [0, 0.1) is 0 Å². The Morgan fingerprint density at radius 2 is 2.33 bits per heavy atom. The number of aryl methyl sites for hydroxylation is 1. The van der Waals surface area contributed by atoms with E-state index in [1.165, 1.54) is 6.42 Å². The SMILES string of the molecule is CCC(C)SCc1nc(CCCN)n[nH]1. The molecule has 0 aliphatic rings. The molecule has 4 nitrogen and oxygen atoms in total. The molecule has 1 aromatic heterocycles. The van der Waals surface area contributed by atoms with E-state index in [0.29, 0.717) is 11.8 Å². The Morgan fingerprint density at radius 1 is 1.53 bits per heavy atom. The molecule has 0 fully saturated rings. The Balaban J connectivity index is 2.32. The van der Waals surface area contributed by atoms with Crippen molar-refractivity contribution in [2.45, 2.75) is 44.1 Å². The smallest absolute Gasteiger partial charge is 0.150 e. The van der Waals surface area contributed by atoms with E-state index in [9.17, 15) is 0 Å². The first-order chi connectivity index (χ1) is 7.26. The molecule has 0 radical (unpaired) electrons. The molecule has 1 aromatic rings. The fourth-order valence-electron chi connectivity index (χ4n) is 1.11. The van der Waals surface area contributed by atoms with Crippen LogP contribution in [0.5, 0.6) is 0 Å². The second kappa shape index (κ2) is 6.85. The van der Waals surface area contributed by atoms with Gasteiger partial charge in [0.2, 0.25) is 0 Å². The van der Waals surface area contributed by atoms with Crippen molar-refractivity contribution in [2.24, 2.45) is 5.73 Å². The third kappa shape index (κ3) is 4.66. The van der Waals surface area contributed by atoms with Crippen LogP contribution in [0.3, 0.4) is 0 Å². The van der Waals surface area contributed by atoms with E-state index in [-0.39, 0.29) is 0 Å². The molecule has 0 saturated heterocycles. The van der Waals surface area contributed by atoms with Gasteiger partial charge >= 0.3 is 0 Å². The topological polar surface area (TPSA) is 67.6 Å². The lowest BCUT2D eigenvalue weighted by molar-refractivity contribution is 0.785. The Labute approximate surface area is 95.4 Å². The highest BCUT2D eigenvalue weighted by Crippen LogP contribution is 2.17. The summed E-state index contributed by atoms with van der Waals surface area (Å²) in [6, 6.07) is 0. The standard InChI is InChI=1S/C10H20N4S/c1-3-8(2)15-7-10-12-9(13-14-10)5-4-6-11/h8H,3-7,11H2,1-2H3,(H,12,13,14). The van der Waals surface area contributed by atoms with Gasteiger partial charge in [-0.05, 0) is 19.4 Å². The minimum absolute atomic E-state index is 0.683. The molecule has 0 bridgehead atoms. The summed E-state index contributed by atoms with van der Waals surface area (Å²) in [5, 5.41) is 7.81. The fourth-order valence-corrected chi connectivity index (χ4v) is 1.92. The Hall–Kier alpha value is -0.550. The van der Waals surface area contributed by atoms with Crippen LogP contribution in [0.15, 0.2) is 0 Å². The van der Waals surface area contributed by atoms with Gasteiger partial charge in [-0.3, -0.25) is 5.10 Å². The number of aromatic amines is 1. The highest BCUT2D eigenvalue weighted by Gasteiger charge is 2.05. The number of hydrogen-bond acceptors (Lipinski definition) is 4. The third-order valence-electron chi connectivity index (χ3n) is 2.26. The van der Waals surface area contributed by atoms with Gasteiger partial charge in [0.1, 0.15) is 5.82 Å². The second-order valence-electron chi connectivity index (χ2n) is 3.62. The maximum absolute atomic E-state index is 5.43. The van der Waals surface area contributed by atoms with E-state index in [1.807, 2.05) is 11.8 Å². The van der Waals surface area contributed by atoms with E-state index < -0.39 is 0 Å². The van der Waals surface area contributed by atoms with Crippen molar-refractivity contribution >= 4 is 11.8 Å². The summed E-state index contributed by atoms with van der Waals surface area (Å²) in [6.07, 6.45) is 3.02. The zero-order valence-electron chi connectivity index (χ0n) is 9.49. The first-order valence-corrected chi connectivity index (χ1v) is 6.53. The van der Waals surface area contributed by atoms with Gasteiger partial charge in [-0.15, -0.1) is 0 Å². The molecule has 1 atom stereocenters. The zero-order valence-corrected chi connectivity index (χ0v) is 10.3. The first-order valence-electron chi connectivity index (χ1n) is 5.48. The van der Waals surface area contributed by atoms with Crippen LogP contribution in [0.2, 0.25) is 0 Å². The Bertz CT molecular complexity index is 274. The number of H-pyrrole nitrogens is 1. The minimum atomic E-state index is 0.683. The summed E-state index contributed by atoms with van der Waals surface area (Å²) in [7, 11) is 0. The van der Waals surface area contributed by atoms with Gasteiger partial charge in [0, 0.05) is 11.7 Å². The van der Waals surface area contributed by atoms with Gasteiger partial charge in [-0.1, -0.05) is 13.8 Å². The molecule has 15 heavy (non-hydrogen) atoms. The van der Waals surface area contributed by atoms with Gasteiger partial charge in [0.05, 0.1) is 5.75 Å². The van der Waals surface area contributed by atoms with Crippen LogP contribution in [-0.4, -0.2) is 27.0 Å². The van der Waals surface area contributed by atoms with Crippen LogP contribution >= 0.6 is 11.8 Å². The highest BCUT2D eigenvalue weighted by atomic mass is 32.2. The van der Waals surface area contributed by atoms with E-state index in [1.54, 1.807) is 0 Å². The average Bonchev–Trinajstić information content (AvgIpc) is 2.71. The first kappa shape index (κ1) is 12.5. The number of nitrogens with zero attached hydrogens (tertiary/aromatic N) is 2. The molecule has 0 aromatic carbocycles. The molecule has 86 valence electrons. The summed E-state index contributed by atoms with van der Waals surface area (Å²) in [4.78, 5) is 4.41. The predicted molar refractivity (Wildman–Crippen MR) is 64.8 cm³/mol. The monoisotopic (exact) mass is 228 g/mol. The number of thioether (sulfide) groups is 1. The summed E-state index contributed by atoms with van der Waals surface area (Å²) < 4.78 is 0. The van der Waals surface area contributed by atoms with Crippen LogP contribution in [0.4, 0.5) is 0 Å². The van der Waals surface area contributed by atoms with Gasteiger partial charge in [-0.25, -0.2) is 4.98 Å². The van der Waals surface area contributed by atoms with Crippen molar-refractivity contribution in [1.82, 2.24) is 15.2 Å². The molecule has 1 rings (SSSR count). The molecule has 5 heteroatoms. The van der Waals surface area contributed by atoms with Gasteiger partial charge in [-0.2, -0.15) is 16.9 Å². The molecule has 0 aliphatic carbocycles. The highest BCUT2D eigenvalue weighted by molar-refractivity contribution is 7.99. The van der Waals surface area contributed by atoms with E-state index in [2.05, 4.69) is 29.0 Å². The van der Waals surface area contributed by atoms with Crippen molar-refractivity contribution < 1.29 is 0 Å². The van der Waals surface area contributed by atoms with Gasteiger partial charge < -0.3 is 5.73 Å². The third-order valence-corrected chi connectivity index (χ3v) is 3.60. The molecule has 3 N–H and O–H groups in total. The van der Waals surface area contributed by atoms with Crippen molar-refractivity contribution in [3.63, 3.8) is 0 Å². The normalized spacial score (nSPS) is 13.0. The number of hydrogen-bond donors (Lipinski definition) is 2. The summed E-state index contributed by atoms with van der Waals surface area (Å²) in [6.45, 7) is 5.13. The molecule has 0 spiro atoms. The summed E-state index contributed by atoms with van der Waals surface area (Å²) >= 11 is 1.91. The molecule has 0 aliphatic heterocycles. The van der Waals surface area contributed by atoms with Crippen LogP contribution in [0.1, 0.15) is 38.3 Å². The average molecular weight is 228 g/mol. The maximum Gasteiger partial charge on any atom is 0.150 e. The summed E-state index contributed by atoms with van der Waals surface area (Å²) in [5.74, 6) is 2.79. The Kier molecular flexibility index (Phi) is 5.71.